The van der Waals surface area contributed by atoms with Gasteiger partial charge in [-0.25, -0.2) is 15.0 Å². The van der Waals surface area contributed by atoms with Crippen molar-refractivity contribution in [2.45, 2.75) is 51.4 Å². The smallest absolute Gasteiger partial charge is 0.164 e. The lowest BCUT2D eigenvalue weighted by molar-refractivity contribution is 0.0780. The molecule has 0 spiro atoms. The minimum atomic E-state index is 0.286. The molecule has 0 saturated heterocycles. The molecule has 8 aromatic rings. The van der Waals surface area contributed by atoms with Gasteiger partial charge in [0, 0.05) is 16.7 Å². The fourth-order valence-electron chi connectivity index (χ4n) is 10.7. The van der Waals surface area contributed by atoms with E-state index in [2.05, 4.69) is 159 Å². The highest BCUT2D eigenvalue weighted by Crippen LogP contribution is 2.54. The van der Waals surface area contributed by atoms with E-state index >= 15 is 0 Å². The Kier molecular flexibility index (Phi) is 10.2. The van der Waals surface area contributed by atoms with Crippen molar-refractivity contribution < 1.29 is 0 Å². The fraction of sp³-hybridized carbons (Fsp3) is 0.193. The first-order valence-electron chi connectivity index (χ1n) is 21.7. The van der Waals surface area contributed by atoms with Crippen LogP contribution in [0, 0.1) is 29.1 Å². The van der Waals surface area contributed by atoms with Crippen molar-refractivity contribution in [1.29, 1.82) is 5.26 Å². The van der Waals surface area contributed by atoms with Gasteiger partial charge in [-0.1, -0.05) is 159 Å². The molecule has 2 saturated carbocycles. The molecule has 4 heteroatoms. The van der Waals surface area contributed by atoms with E-state index in [1.165, 1.54) is 48.8 Å². The third-order valence-electron chi connectivity index (χ3n) is 13.1. The first kappa shape index (κ1) is 38.3. The summed E-state index contributed by atoms with van der Waals surface area (Å²) in [5, 5.41) is 10.2. The normalized spacial score (nSPS) is 19.5. The second-order valence-electron chi connectivity index (χ2n) is 17.7. The molecule has 7 aromatic carbocycles. The van der Waals surface area contributed by atoms with Crippen LogP contribution in [0.25, 0.3) is 78.7 Å². The number of hydrogen-bond donors (Lipinski definition) is 0. The molecule has 2 bridgehead atoms. The second-order valence-corrected chi connectivity index (χ2v) is 17.7. The number of nitrogens with zero attached hydrogens (tertiary/aromatic N) is 4. The third-order valence-corrected chi connectivity index (χ3v) is 13.1. The lowest BCUT2D eigenvalue weighted by Crippen LogP contribution is -2.42. The number of rotatable bonds is 8. The molecule has 4 nitrogen and oxygen atoms in total. The number of nitriles is 1. The Morgan fingerprint density at radius 1 is 0.426 bits per heavy atom. The van der Waals surface area contributed by atoms with E-state index in [1.54, 1.807) is 0 Å². The molecule has 0 amide bonds. The van der Waals surface area contributed by atoms with E-state index in [0.29, 0.717) is 23.0 Å². The van der Waals surface area contributed by atoms with E-state index < -0.39 is 0 Å². The highest BCUT2D eigenvalue weighted by molar-refractivity contribution is 5.87. The maximum atomic E-state index is 10.2. The largest absolute Gasteiger partial charge is 0.208 e. The SMILES string of the molecule is C[C@@H]1C[C@@H]2C[C@H](C)CC(c3ccc(-c4ccc(-c5nc(-c6cccc(-c7ccccc7)c6)nc(-c6cc(C#N)cc(-c7ccccc7)c6)n5)cc4-c4ccccc4)cc3)(C1)C2. The Morgan fingerprint density at radius 3 is 1.52 bits per heavy atom. The van der Waals surface area contributed by atoms with Gasteiger partial charge in [-0.2, -0.15) is 5.26 Å². The molecule has 4 atom stereocenters. The molecule has 2 fully saturated rings. The van der Waals surface area contributed by atoms with Crippen molar-refractivity contribution in [3.63, 3.8) is 0 Å². The summed E-state index contributed by atoms with van der Waals surface area (Å²) in [6.45, 7) is 4.93. The fourth-order valence-corrected chi connectivity index (χ4v) is 10.7. The molecule has 0 aliphatic heterocycles. The van der Waals surface area contributed by atoms with Crippen molar-refractivity contribution in [3.05, 3.63) is 187 Å². The first-order chi connectivity index (χ1) is 29.9. The monoisotopic (exact) mass is 788 g/mol. The Bertz CT molecular complexity index is 2860. The number of fused-ring (bicyclic) bond motifs is 2. The summed E-state index contributed by atoms with van der Waals surface area (Å²) in [5.41, 5.74) is 13.6. The van der Waals surface area contributed by atoms with Crippen LogP contribution < -0.4 is 0 Å². The molecule has 2 aliphatic carbocycles. The van der Waals surface area contributed by atoms with Crippen LogP contribution in [-0.4, -0.2) is 15.0 Å². The quantitative estimate of drug-likeness (QED) is 0.154. The molecular formula is C57H48N4. The minimum Gasteiger partial charge on any atom is -0.208 e. The van der Waals surface area contributed by atoms with Crippen LogP contribution in [0.3, 0.4) is 0 Å². The van der Waals surface area contributed by atoms with E-state index in [4.69, 9.17) is 15.0 Å². The maximum Gasteiger partial charge on any atom is 0.164 e. The van der Waals surface area contributed by atoms with E-state index in [-0.39, 0.29) is 5.41 Å². The molecule has 296 valence electrons. The predicted octanol–water partition coefficient (Wildman–Crippen LogP) is 14.5. The average molecular weight is 789 g/mol. The van der Waals surface area contributed by atoms with Crippen molar-refractivity contribution in [1.82, 2.24) is 15.0 Å². The summed E-state index contributed by atoms with van der Waals surface area (Å²) >= 11 is 0. The molecule has 1 aromatic heterocycles. The predicted molar refractivity (Wildman–Crippen MR) is 249 cm³/mol. The molecule has 61 heavy (non-hydrogen) atoms. The maximum absolute atomic E-state index is 10.2. The Hall–Kier alpha value is -6.96. The Balaban J connectivity index is 1.11. The lowest BCUT2D eigenvalue weighted by Gasteiger charge is -2.50. The molecule has 1 heterocycles. The van der Waals surface area contributed by atoms with Gasteiger partial charge in [0.25, 0.3) is 0 Å². The number of hydrogen-bond acceptors (Lipinski definition) is 4. The minimum absolute atomic E-state index is 0.286. The van der Waals surface area contributed by atoms with Crippen LogP contribution >= 0.6 is 0 Å². The van der Waals surface area contributed by atoms with Gasteiger partial charge >= 0.3 is 0 Å². The van der Waals surface area contributed by atoms with Gasteiger partial charge in [-0.3, -0.25) is 0 Å². The third kappa shape index (κ3) is 7.81. The van der Waals surface area contributed by atoms with Crippen molar-refractivity contribution in [3.8, 4) is 84.7 Å². The van der Waals surface area contributed by atoms with E-state index in [9.17, 15) is 5.26 Å². The van der Waals surface area contributed by atoms with Gasteiger partial charge in [0.1, 0.15) is 0 Å². The number of aromatic nitrogens is 3. The summed E-state index contributed by atoms with van der Waals surface area (Å²) < 4.78 is 0. The molecule has 1 unspecified atom stereocenters. The molecule has 2 aliphatic rings. The van der Waals surface area contributed by atoms with Crippen molar-refractivity contribution in [2.24, 2.45) is 17.8 Å². The van der Waals surface area contributed by atoms with E-state index in [0.717, 1.165) is 67.8 Å². The zero-order valence-corrected chi connectivity index (χ0v) is 34.8. The topological polar surface area (TPSA) is 62.5 Å². The summed E-state index contributed by atoms with van der Waals surface area (Å²) in [6, 6.07) is 63.9. The van der Waals surface area contributed by atoms with Crippen LogP contribution in [0.2, 0.25) is 0 Å². The molecule has 0 radical (unpaired) electrons. The van der Waals surface area contributed by atoms with Gasteiger partial charge in [-0.05, 0) is 136 Å². The van der Waals surface area contributed by atoms with Gasteiger partial charge < -0.3 is 0 Å². The summed E-state index contributed by atoms with van der Waals surface area (Å²) in [7, 11) is 0. The lowest BCUT2D eigenvalue weighted by atomic mass is 9.54. The Morgan fingerprint density at radius 2 is 0.902 bits per heavy atom. The molecule has 0 N–H and O–H groups in total. The zero-order chi connectivity index (χ0) is 41.3. The van der Waals surface area contributed by atoms with Crippen molar-refractivity contribution >= 4 is 0 Å². The van der Waals surface area contributed by atoms with Crippen LogP contribution in [0.1, 0.15) is 57.1 Å². The van der Waals surface area contributed by atoms with Gasteiger partial charge in [0.05, 0.1) is 11.6 Å². The van der Waals surface area contributed by atoms with Gasteiger partial charge in [0.15, 0.2) is 17.5 Å². The highest BCUT2D eigenvalue weighted by atomic mass is 15.0. The van der Waals surface area contributed by atoms with Gasteiger partial charge in [-0.15, -0.1) is 0 Å². The highest BCUT2D eigenvalue weighted by Gasteiger charge is 2.45. The summed E-state index contributed by atoms with van der Waals surface area (Å²) in [6.07, 6.45) is 6.66. The molecular weight excluding hydrogens is 741 g/mol. The second kappa shape index (κ2) is 16.2. The Labute approximate surface area is 359 Å². The summed E-state index contributed by atoms with van der Waals surface area (Å²) in [5.74, 6) is 4.03. The van der Waals surface area contributed by atoms with Crippen LogP contribution in [-0.2, 0) is 5.41 Å². The van der Waals surface area contributed by atoms with Crippen LogP contribution in [0.4, 0.5) is 0 Å². The van der Waals surface area contributed by atoms with Crippen molar-refractivity contribution in [2.75, 3.05) is 0 Å². The van der Waals surface area contributed by atoms with Crippen LogP contribution in [0.5, 0.6) is 0 Å². The van der Waals surface area contributed by atoms with Gasteiger partial charge in [0.2, 0.25) is 0 Å². The van der Waals surface area contributed by atoms with E-state index in [1.807, 2.05) is 36.4 Å². The first-order valence-corrected chi connectivity index (χ1v) is 21.7. The average Bonchev–Trinajstić information content (AvgIpc) is 3.31. The van der Waals surface area contributed by atoms with Crippen LogP contribution in [0.15, 0.2) is 176 Å². The molecule has 10 rings (SSSR count). The zero-order valence-electron chi connectivity index (χ0n) is 34.8. The standard InChI is InChI=1S/C57H48N4/c1-38-27-40-28-39(2)35-57(34-38,36-40)51-24-21-45(22-25-51)52-26-23-48(33-53(52)44-17-10-5-11-18-44)55-59-54(47-20-12-19-46(31-47)42-13-6-3-7-14-42)60-56(61-55)50-30-41(37-58)29-49(32-50)43-15-8-4-9-16-43/h3-26,29-33,38-40H,27-28,34-36H2,1-2H3/t38-,39+,40-,57?. The number of benzene rings is 7. The summed E-state index contributed by atoms with van der Waals surface area (Å²) in [4.78, 5) is 15.5.